The van der Waals surface area contributed by atoms with Gasteiger partial charge in [-0.1, -0.05) is 33.4 Å². The highest BCUT2D eigenvalue weighted by molar-refractivity contribution is 5.97. The SMILES string of the molecule is C=C1C(=O)O[C@@H]2C[C@H](C)/C=C\C(=O)[C@](C)(O)[C@@H](OC(=O)C(C)(C)C)[C@@H](OC(=O)CC(C)C)[C@@H]12. The van der Waals surface area contributed by atoms with Crippen molar-refractivity contribution in [3.05, 3.63) is 24.3 Å². The van der Waals surface area contributed by atoms with Crippen molar-refractivity contribution >= 4 is 23.7 Å². The van der Waals surface area contributed by atoms with E-state index in [9.17, 15) is 24.3 Å². The highest BCUT2D eigenvalue weighted by atomic mass is 16.6. The van der Waals surface area contributed by atoms with E-state index in [1.807, 2.05) is 20.8 Å². The van der Waals surface area contributed by atoms with E-state index in [1.54, 1.807) is 26.8 Å². The first-order valence-corrected chi connectivity index (χ1v) is 11.3. The number of ether oxygens (including phenoxy) is 3. The molecular formula is C25H36O8. The summed E-state index contributed by atoms with van der Waals surface area (Å²) < 4.78 is 17.0. The molecule has 1 aliphatic carbocycles. The van der Waals surface area contributed by atoms with Crippen LogP contribution < -0.4 is 0 Å². The van der Waals surface area contributed by atoms with Crippen molar-refractivity contribution in [2.24, 2.45) is 23.2 Å². The molecule has 1 N–H and O–H groups in total. The molecule has 1 heterocycles. The van der Waals surface area contributed by atoms with Gasteiger partial charge in [-0.05, 0) is 52.0 Å². The van der Waals surface area contributed by atoms with Crippen molar-refractivity contribution < 1.29 is 38.5 Å². The lowest BCUT2D eigenvalue weighted by molar-refractivity contribution is -0.202. The lowest BCUT2D eigenvalue weighted by Gasteiger charge is -2.40. The zero-order chi connectivity index (χ0) is 25.3. The fourth-order valence-corrected chi connectivity index (χ4v) is 3.91. The summed E-state index contributed by atoms with van der Waals surface area (Å²) in [6.07, 6.45) is -0.464. The molecule has 1 saturated heterocycles. The maximum Gasteiger partial charge on any atom is 0.334 e. The van der Waals surface area contributed by atoms with Crippen molar-refractivity contribution in [1.29, 1.82) is 0 Å². The highest BCUT2D eigenvalue weighted by Gasteiger charge is 2.56. The molecule has 0 aromatic heterocycles. The Morgan fingerprint density at radius 3 is 2.42 bits per heavy atom. The molecule has 8 nitrogen and oxygen atoms in total. The monoisotopic (exact) mass is 464 g/mol. The Morgan fingerprint density at radius 2 is 1.88 bits per heavy atom. The molecule has 8 heteroatoms. The van der Waals surface area contributed by atoms with E-state index >= 15 is 0 Å². The van der Waals surface area contributed by atoms with Gasteiger partial charge in [0.2, 0.25) is 0 Å². The van der Waals surface area contributed by atoms with Gasteiger partial charge >= 0.3 is 17.9 Å². The minimum Gasteiger partial charge on any atom is -0.458 e. The summed E-state index contributed by atoms with van der Waals surface area (Å²) in [6.45, 7) is 15.4. The van der Waals surface area contributed by atoms with Crippen molar-refractivity contribution in [3.63, 3.8) is 0 Å². The fraction of sp³-hybridized carbons (Fsp3) is 0.680. The second-order valence-electron chi connectivity index (χ2n) is 10.7. The van der Waals surface area contributed by atoms with Crippen LogP contribution in [0, 0.1) is 23.2 Å². The van der Waals surface area contributed by atoms with E-state index < -0.39 is 58.9 Å². The van der Waals surface area contributed by atoms with Crippen LogP contribution >= 0.6 is 0 Å². The van der Waals surface area contributed by atoms with Crippen LogP contribution in [0.1, 0.15) is 61.3 Å². The number of hydrogen-bond acceptors (Lipinski definition) is 8. The number of aliphatic hydroxyl groups is 1. The van der Waals surface area contributed by atoms with E-state index in [-0.39, 0.29) is 23.8 Å². The summed E-state index contributed by atoms with van der Waals surface area (Å²) in [5.74, 6) is -3.79. The second kappa shape index (κ2) is 9.79. The van der Waals surface area contributed by atoms with Gasteiger partial charge in [0.05, 0.1) is 11.3 Å². The van der Waals surface area contributed by atoms with Crippen molar-refractivity contribution in [3.8, 4) is 0 Å². The Bertz CT molecular complexity index is 845. The van der Waals surface area contributed by atoms with Crippen LogP contribution in [-0.2, 0) is 33.4 Å². The zero-order valence-corrected chi connectivity index (χ0v) is 20.5. The fourth-order valence-electron chi connectivity index (χ4n) is 3.91. The molecule has 6 atom stereocenters. The Hall–Kier alpha value is -2.48. The van der Waals surface area contributed by atoms with Crippen LogP contribution in [-0.4, -0.2) is 52.7 Å². The minimum atomic E-state index is -2.24. The van der Waals surface area contributed by atoms with Gasteiger partial charge in [-0.3, -0.25) is 14.4 Å². The normalized spacial score (nSPS) is 33.8. The summed E-state index contributed by atoms with van der Waals surface area (Å²) in [5.41, 5.74) is -3.17. The Kier molecular flexibility index (Phi) is 7.94. The number of fused-ring (bicyclic) bond motifs is 1. The summed E-state index contributed by atoms with van der Waals surface area (Å²) in [6, 6.07) is 0. The lowest BCUT2D eigenvalue weighted by Crippen LogP contribution is -2.59. The molecule has 0 aromatic carbocycles. The van der Waals surface area contributed by atoms with E-state index in [0.29, 0.717) is 6.42 Å². The smallest absolute Gasteiger partial charge is 0.334 e. The molecule has 1 fully saturated rings. The first-order valence-electron chi connectivity index (χ1n) is 11.3. The van der Waals surface area contributed by atoms with Crippen molar-refractivity contribution in [1.82, 2.24) is 0 Å². The maximum atomic E-state index is 13.0. The third kappa shape index (κ3) is 6.10. The quantitative estimate of drug-likeness (QED) is 0.384. The molecule has 0 bridgehead atoms. The molecule has 0 amide bonds. The average Bonchev–Trinajstić information content (AvgIpc) is 2.93. The predicted molar refractivity (Wildman–Crippen MR) is 120 cm³/mol. The molecule has 184 valence electrons. The first kappa shape index (κ1) is 26.8. The molecular weight excluding hydrogens is 428 g/mol. The molecule has 0 saturated carbocycles. The Labute approximate surface area is 195 Å². The van der Waals surface area contributed by atoms with Gasteiger partial charge < -0.3 is 19.3 Å². The number of ketones is 1. The number of carbonyl (C=O) groups is 4. The third-order valence-corrected chi connectivity index (χ3v) is 5.90. The van der Waals surface area contributed by atoms with Gasteiger partial charge in [0.1, 0.15) is 6.10 Å². The van der Waals surface area contributed by atoms with Gasteiger partial charge in [-0.25, -0.2) is 4.79 Å². The molecule has 2 rings (SSSR count). The number of esters is 3. The molecule has 1 aliphatic heterocycles. The van der Waals surface area contributed by atoms with E-state index in [0.717, 1.165) is 0 Å². The summed E-state index contributed by atoms with van der Waals surface area (Å²) in [5, 5.41) is 11.3. The molecule has 0 aromatic rings. The van der Waals surface area contributed by atoms with Crippen LogP contribution in [0.5, 0.6) is 0 Å². The number of rotatable bonds is 4. The standard InChI is InChI=1S/C25H36O8/c1-13(2)11-18(27)32-20-19-15(4)22(28)31-16(19)12-14(3)9-10-17(26)25(8,30)21(20)33-23(29)24(5,6)7/h9-10,13-14,16,19-21,30H,4,11-12H2,1-3,5-8H3/b10-9-/t14-,16-,19+,20+,21+,25+/m1/s1. The topological polar surface area (TPSA) is 116 Å². The molecule has 0 unspecified atom stereocenters. The lowest BCUT2D eigenvalue weighted by atomic mass is 9.77. The molecule has 33 heavy (non-hydrogen) atoms. The maximum absolute atomic E-state index is 13.0. The van der Waals surface area contributed by atoms with Gasteiger partial charge in [0, 0.05) is 12.0 Å². The van der Waals surface area contributed by atoms with Crippen LogP contribution in [0.25, 0.3) is 0 Å². The largest absolute Gasteiger partial charge is 0.458 e. The summed E-state index contributed by atoms with van der Waals surface area (Å²) in [4.78, 5) is 51.0. The minimum absolute atomic E-state index is 0.0295. The predicted octanol–water partition coefficient (Wildman–Crippen LogP) is 2.92. The van der Waals surface area contributed by atoms with Gasteiger partial charge in [0.25, 0.3) is 0 Å². The first-order chi connectivity index (χ1) is 15.1. The van der Waals surface area contributed by atoms with E-state index in [1.165, 1.54) is 13.0 Å². The summed E-state index contributed by atoms with van der Waals surface area (Å²) in [7, 11) is 0. The van der Waals surface area contributed by atoms with Crippen molar-refractivity contribution in [2.75, 3.05) is 0 Å². The van der Waals surface area contributed by atoms with Crippen molar-refractivity contribution in [2.45, 2.75) is 85.2 Å². The van der Waals surface area contributed by atoms with Crippen LogP contribution in [0.3, 0.4) is 0 Å². The number of allylic oxidation sites excluding steroid dienone is 1. The van der Waals surface area contributed by atoms with Gasteiger partial charge in [-0.15, -0.1) is 0 Å². The van der Waals surface area contributed by atoms with E-state index in [4.69, 9.17) is 14.2 Å². The highest BCUT2D eigenvalue weighted by Crippen LogP contribution is 2.40. The average molecular weight is 465 g/mol. The Morgan fingerprint density at radius 1 is 1.27 bits per heavy atom. The number of hydrogen-bond donors (Lipinski definition) is 1. The molecule has 0 spiro atoms. The van der Waals surface area contributed by atoms with Crippen LogP contribution in [0.2, 0.25) is 0 Å². The third-order valence-electron chi connectivity index (χ3n) is 5.90. The zero-order valence-electron chi connectivity index (χ0n) is 20.5. The molecule has 2 aliphatic rings. The van der Waals surface area contributed by atoms with Crippen LogP contribution in [0.4, 0.5) is 0 Å². The van der Waals surface area contributed by atoms with E-state index in [2.05, 4.69) is 6.58 Å². The summed E-state index contributed by atoms with van der Waals surface area (Å²) >= 11 is 0. The van der Waals surface area contributed by atoms with Crippen LogP contribution in [0.15, 0.2) is 24.3 Å². The molecule has 0 radical (unpaired) electrons. The van der Waals surface area contributed by atoms with Gasteiger partial charge in [-0.2, -0.15) is 0 Å². The Balaban J connectivity index is 2.67. The second-order valence-corrected chi connectivity index (χ2v) is 10.7. The van der Waals surface area contributed by atoms with Gasteiger partial charge in [0.15, 0.2) is 23.6 Å². The number of carbonyl (C=O) groups excluding carboxylic acids is 4.